The molecule has 0 radical (unpaired) electrons. The summed E-state index contributed by atoms with van der Waals surface area (Å²) >= 11 is 0. The van der Waals surface area contributed by atoms with Gasteiger partial charge >= 0.3 is 0 Å². The largest absolute Gasteiger partial charge is 0.396 e. The van der Waals surface area contributed by atoms with E-state index in [9.17, 15) is 19.5 Å². The summed E-state index contributed by atoms with van der Waals surface area (Å²) in [7, 11) is 0. The van der Waals surface area contributed by atoms with Crippen molar-refractivity contribution in [3.63, 3.8) is 0 Å². The predicted molar refractivity (Wildman–Crippen MR) is 87.0 cm³/mol. The summed E-state index contributed by atoms with van der Waals surface area (Å²) in [5, 5.41) is 16.0. The number of aliphatic hydroxyl groups excluding tert-OH is 1. The van der Waals surface area contributed by atoms with Gasteiger partial charge in [0.2, 0.25) is 5.91 Å². The highest BCUT2D eigenvalue weighted by Crippen LogP contribution is 2.35. The molecule has 6 atom stereocenters. The summed E-state index contributed by atoms with van der Waals surface area (Å²) < 4.78 is 0. The van der Waals surface area contributed by atoms with Crippen LogP contribution in [0.25, 0.3) is 0 Å². The SMILES string of the molecule is CC1NCC(=O)C(C)C(=O)[C@@H]2CC[C@H]3CC[C@@H](CO)[C@@H](N1)C(=O)N32. The number of hydrogen-bond acceptors (Lipinski definition) is 6. The van der Waals surface area contributed by atoms with E-state index < -0.39 is 18.0 Å². The van der Waals surface area contributed by atoms with Crippen molar-refractivity contribution in [2.75, 3.05) is 13.2 Å². The number of rotatable bonds is 1. The molecule has 2 unspecified atom stereocenters. The van der Waals surface area contributed by atoms with Gasteiger partial charge in [-0.25, -0.2) is 0 Å². The molecule has 3 aliphatic rings. The molecule has 3 rings (SSSR count). The lowest BCUT2D eigenvalue weighted by atomic mass is 9.92. The second kappa shape index (κ2) is 6.90. The number of carbonyl (C=O) groups excluding carboxylic acids is 3. The van der Waals surface area contributed by atoms with Gasteiger partial charge in [0, 0.05) is 18.6 Å². The van der Waals surface area contributed by atoms with Crippen molar-refractivity contribution >= 4 is 17.5 Å². The van der Waals surface area contributed by atoms with Crippen LogP contribution in [-0.4, -0.2) is 64.9 Å². The quantitative estimate of drug-likeness (QED) is 0.554. The molecule has 0 spiro atoms. The molecular formula is C17H27N3O4. The molecule has 3 fully saturated rings. The van der Waals surface area contributed by atoms with Crippen LogP contribution in [0, 0.1) is 11.8 Å². The molecule has 0 aromatic rings. The third-order valence-corrected chi connectivity index (χ3v) is 5.85. The molecule has 134 valence electrons. The molecule has 0 aromatic carbocycles. The number of fused-ring (bicyclic) bond motifs is 1. The Morgan fingerprint density at radius 2 is 1.83 bits per heavy atom. The molecule has 1 amide bonds. The van der Waals surface area contributed by atoms with Crippen LogP contribution < -0.4 is 10.6 Å². The summed E-state index contributed by atoms with van der Waals surface area (Å²) in [6, 6.07) is -0.991. The van der Waals surface area contributed by atoms with Crippen LogP contribution >= 0.6 is 0 Å². The molecule has 3 heterocycles. The highest BCUT2D eigenvalue weighted by atomic mass is 16.3. The molecule has 0 aromatic heterocycles. The van der Waals surface area contributed by atoms with Gasteiger partial charge in [-0.1, -0.05) is 0 Å². The van der Waals surface area contributed by atoms with Crippen molar-refractivity contribution in [3.8, 4) is 0 Å². The molecule has 2 bridgehead atoms. The first-order valence-electron chi connectivity index (χ1n) is 8.93. The second-order valence-corrected chi connectivity index (χ2v) is 7.35. The molecule has 0 saturated carbocycles. The van der Waals surface area contributed by atoms with Crippen LogP contribution in [-0.2, 0) is 14.4 Å². The summed E-state index contributed by atoms with van der Waals surface area (Å²) in [4.78, 5) is 40.0. The van der Waals surface area contributed by atoms with E-state index in [0.29, 0.717) is 6.42 Å². The first-order valence-corrected chi connectivity index (χ1v) is 8.93. The zero-order chi connectivity index (χ0) is 17.4. The summed E-state index contributed by atoms with van der Waals surface area (Å²) in [6.45, 7) is 3.53. The second-order valence-electron chi connectivity index (χ2n) is 7.35. The Balaban J connectivity index is 1.99. The van der Waals surface area contributed by atoms with Gasteiger partial charge in [-0.3, -0.25) is 25.0 Å². The number of amides is 1. The van der Waals surface area contributed by atoms with Crippen molar-refractivity contribution in [2.24, 2.45) is 11.8 Å². The Morgan fingerprint density at radius 3 is 2.54 bits per heavy atom. The summed E-state index contributed by atoms with van der Waals surface area (Å²) in [6.07, 6.45) is 2.72. The number of carbonyl (C=O) groups is 3. The zero-order valence-corrected chi connectivity index (χ0v) is 14.3. The standard InChI is InChI=1S/C17H27N3O4/c1-9-14(22)7-18-10(2)19-15-11(8-21)3-4-12-5-6-13(16(9)23)20(12)17(15)24/h9-13,15,18-19,21H,3-8H2,1-2H3/t9?,10?,11-,12+,13-,15+/m0/s1. The Morgan fingerprint density at radius 1 is 1.12 bits per heavy atom. The number of nitrogens with one attached hydrogen (secondary N) is 2. The van der Waals surface area contributed by atoms with Crippen LogP contribution in [0.4, 0.5) is 0 Å². The average Bonchev–Trinajstić information content (AvgIpc) is 2.94. The van der Waals surface area contributed by atoms with Crippen LogP contribution in [0.15, 0.2) is 0 Å². The average molecular weight is 337 g/mol. The highest BCUT2D eigenvalue weighted by molar-refractivity contribution is 6.06. The van der Waals surface area contributed by atoms with Gasteiger partial charge < -0.3 is 10.0 Å². The van der Waals surface area contributed by atoms with E-state index in [0.717, 1.165) is 19.3 Å². The Kier molecular flexibility index (Phi) is 5.03. The maximum absolute atomic E-state index is 13.2. The van der Waals surface area contributed by atoms with E-state index in [-0.39, 0.29) is 48.8 Å². The van der Waals surface area contributed by atoms with Crippen molar-refractivity contribution in [3.05, 3.63) is 0 Å². The van der Waals surface area contributed by atoms with Gasteiger partial charge in [0.25, 0.3) is 0 Å². The minimum absolute atomic E-state index is 0.0404. The van der Waals surface area contributed by atoms with Crippen LogP contribution in [0.5, 0.6) is 0 Å². The fourth-order valence-electron chi connectivity index (χ4n) is 4.30. The van der Waals surface area contributed by atoms with Gasteiger partial charge in [0.1, 0.15) is 0 Å². The number of hydrogen-bond donors (Lipinski definition) is 3. The minimum atomic E-state index is -0.699. The molecule has 7 nitrogen and oxygen atoms in total. The smallest absolute Gasteiger partial charge is 0.240 e. The third-order valence-electron chi connectivity index (χ3n) is 5.85. The van der Waals surface area contributed by atoms with Crippen LogP contribution in [0.2, 0.25) is 0 Å². The van der Waals surface area contributed by atoms with E-state index in [1.165, 1.54) is 0 Å². The van der Waals surface area contributed by atoms with Gasteiger partial charge in [0.05, 0.1) is 30.7 Å². The Hall–Kier alpha value is -1.31. The normalized spacial score (nSPS) is 41.1. The lowest BCUT2D eigenvalue weighted by Gasteiger charge is -2.33. The van der Waals surface area contributed by atoms with Gasteiger partial charge in [-0.15, -0.1) is 0 Å². The van der Waals surface area contributed by atoms with Crippen molar-refractivity contribution in [1.29, 1.82) is 0 Å². The van der Waals surface area contributed by atoms with Gasteiger partial charge in [-0.05, 0) is 39.5 Å². The molecule has 7 heteroatoms. The number of aliphatic hydroxyl groups is 1. The lowest BCUT2D eigenvalue weighted by molar-refractivity contribution is -0.144. The van der Waals surface area contributed by atoms with E-state index in [2.05, 4.69) is 10.6 Å². The number of ketones is 2. The van der Waals surface area contributed by atoms with E-state index >= 15 is 0 Å². The first kappa shape index (κ1) is 17.5. The minimum Gasteiger partial charge on any atom is -0.396 e. The monoisotopic (exact) mass is 337 g/mol. The van der Waals surface area contributed by atoms with Gasteiger partial charge in [0.15, 0.2) is 11.6 Å². The summed E-state index contributed by atoms with van der Waals surface area (Å²) in [5.74, 6) is -1.26. The van der Waals surface area contributed by atoms with Crippen LogP contribution in [0.1, 0.15) is 39.5 Å². The van der Waals surface area contributed by atoms with Gasteiger partial charge in [-0.2, -0.15) is 0 Å². The van der Waals surface area contributed by atoms with E-state index in [4.69, 9.17) is 0 Å². The van der Waals surface area contributed by atoms with Crippen molar-refractivity contribution in [1.82, 2.24) is 15.5 Å². The molecule has 3 saturated heterocycles. The molecule has 24 heavy (non-hydrogen) atoms. The fraction of sp³-hybridized carbons (Fsp3) is 0.824. The van der Waals surface area contributed by atoms with E-state index in [1.807, 2.05) is 6.92 Å². The number of nitrogens with zero attached hydrogens (tertiary/aromatic N) is 1. The van der Waals surface area contributed by atoms with Crippen molar-refractivity contribution < 1.29 is 19.5 Å². The molecule has 0 aliphatic carbocycles. The first-order chi connectivity index (χ1) is 11.4. The maximum Gasteiger partial charge on any atom is 0.240 e. The molecule has 3 N–H and O–H groups in total. The van der Waals surface area contributed by atoms with Crippen LogP contribution in [0.3, 0.4) is 0 Å². The molecular weight excluding hydrogens is 310 g/mol. The predicted octanol–water partition coefficient (Wildman–Crippen LogP) is -0.570. The Bertz CT molecular complexity index is 538. The number of Topliss-reactive ketones (excluding diaryl/α,β-unsaturated/α-hetero) is 2. The maximum atomic E-state index is 13.2. The Labute approximate surface area is 142 Å². The fourth-order valence-corrected chi connectivity index (χ4v) is 4.30. The third kappa shape index (κ3) is 3.00. The zero-order valence-electron chi connectivity index (χ0n) is 14.3. The van der Waals surface area contributed by atoms with E-state index in [1.54, 1.807) is 11.8 Å². The summed E-state index contributed by atoms with van der Waals surface area (Å²) in [5.41, 5.74) is 0. The lowest BCUT2D eigenvalue weighted by Crippen LogP contribution is -2.57. The topological polar surface area (TPSA) is 98.7 Å². The molecule has 3 aliphatic heterocycles. The van der Waals surface area contributed by atoms with Crippen molar-refractivity contribution in [2.45, 2.75) is 63.8 Å². The highest BCUT2D eigenvalue weighted by Gasteiger charge is 2.48.